The molecular weight excluding hydrogens is 450 g/mol. The van der Waals surface area contributed by atoms with Crippen LogP contribution in [0.25, 0.3) is 0 Å². The summed E-state index contributed by atoms with van der Waals surface area (Å²) in [6.07, 6.45) is 8.10. The normalized spacial score (nSPS) is 18.8. The highest BCUT2D eigenvalue weighted by molar-refractivity contribution is 7.09. The van der Waals surface area contributed by atoms with E-state index < -0.39 is 5.91 Å². The van der Waals surface area contributed by atoms with Gasteiger partial charge in [-0.3, -0.25) is 14.4 Å². The number of thiophene rings is 1. The van der Waals surface area contributed by atoms with E-state index in [1.54, 1.807) is 22.3 Å². The summed E-state index contributed by atoms with van der Waals surface area (Å²) in [5.41, 5.74) is 7.03. The van der Waals surface area contributed by atoms with Crippen molar-refractivity contribution in [2.24, 2.45) is 11.7 Å². The van der Waals surface area contributed by atoms with Crippen molar-refractivity contribution < 1.29 is 19.1 Å². The van der Waals surface area contributed by atoms with Crippen LogP contribution >= 0.6 is 11.3 Å². The van der Waals surface area contributed by atoms with E-state index in [0.717, 1.165) is 30.6 Å². The molecule has 34 heavy (non-hydrogen) atoms. The minimum absolute atomic E-state index is 0.0164. The van der Waals surface area contributed by atoms with Crippen LogP contribution in [0, 0.1) is 12.8 Å². The molecule has 2 N–H and O–H groups in total. The molecule has 0 bridgehead atoms. The summed E-state index contributed by atoms with van der Waals surface area (Å²) in [4.78, 5) is 41.7. The van der Waals surface area contributed by atoms with E-state index in [4.69, 9.17) is 10.5 Å². The zero-order valence-corrected chi connectivity index (χ0v) is 20.8. The van der Waals surface area contributed by atoms with Gasteiger partial charge in [0.05, 0.1) is 30.5 Å². The molecule has 1 aliphatic heterocycles. The molecule has 2 aliphatic rings. The number of ketones is 1. The smallest absolute Gasteiger partial charge is 0.250 e. The maximum atomic E-state index is 13.6. The number of hydrogen-bond donors (Lipinski definition) is 1. The van der Waals surface area contributed by atoms with Gasteiger partial charge in [-0.25, -0.2) is 0 Å². The van der Waals surface area contributed by atoms with E-state index >= 15 is 0 Å². The molecule has 2 amide bonds. The van der Waals surface area contributed by atoms with Gasteiger partial charge in [-0.1, -0.05) is 25.3 Å². The predicted molar refractivity (Wildman–Crippen MR) is 132 cm³/mol. The van der Waals surface area contributed by atoms with Crippen molar-refractivity contribution in [1.29, 1.82) is 0 Å². The van der Waals surface area contributed by atoms with Crippen molar-refractivity contribution in [2.75, 3.05) is 19.7 Å². The molecule has 0 aromatic carbocycles. The van der Waals surface area contributed by atoms with E-state index in [9.17, 15) is 14.4 Å². The van der Waals surface area contributed by atoms with Gasteiger partial charge in [0.2, 0.25) is 5.91 Å². The van der Waals surface area contributed by atoms with Crippen molar-refractivity contribution in [3.05, 3.63) is 45.4 Å². The Bertz CT molecular complexity index is 1000. The molecule has 1 aliphatic carbocycles. The van der Waals surface area contributed by atoms with Crippen LogP contribution in [0.5, 0.6) is 0 Å². The second-order valence-corrected chi connectivity index (χ2v) is 10.6. The van der Waals surface area contributed by atoms with E-state index in [0.29, 0.717) is 49.0 Å². The van der Waals surface area contributed by atoms with Crippen LogP contribution in [0.4, 0.5) is 0 Å². The minimum Gasteiger partial charge on any atom is -0.376 e. The summed E-state index contributed by atoms with van der Waals surface area (Å²) < 4.78 is 7.64. The predicted octanol–water partition coefficient (Wildman–Crippen LogP) is 4.17. The van der Waals surface area contributed by atoms with Gasteiger partial charge in [-0.2, -0.15) is 0 Å². The molecule has 0 radical (unpaired) electrons. The van der Waals surface area contributed by atoms with Crippen LogP contribution in [0.2, 0.25) is 0 Å². The van der Waals surface area contributed by atoms with Gasteiger partial charge in [0.1, 0.15) is 0 Å². The van der Waals surface area contributed by atoms with Crippen molar-refractivity contribution in [2.45, 2.75) is 70.9 Å². The Morgan fingerprint density at radius 1 is 1.18 bits per heavy atom. The molecule has 1 unspecified atom stereocenters. The van der Waals surface area contributed by atoms with Crippen LogP contribution in [0.3, 0.4) is 0 Å². The Hall–Kier alpha value is -2.45. The Balaban J connectivity index is 1.55. The number of ether oxygens (including phenoxy) is 1. The van der Waals surface area contributed by atoms with E-state index in [-0.39, 0.29) is 24.3 Å². The van der Waals surface area contributed by atoms with Crippen molar-refractivity contribution in [3.63, 3.8) is 0 Å². The lowest BCUT2D eigenvalue weighted by molar-refractivity contribution is -0.133. The Morgan fingerprint density at radius 3 is 2.62 bits per heavy atom. The Morgan fingerprint density at radius 2 is 1.97 bits per heavy atom. The second-order valence-electron chi connectivity index (χ2n) is 9.60. The van der Waals surface area contributed by atoms with E-state index in [1.165, 1.54) is 19.3 Å². The molecule has 3 heterocycles. The fourth-order valence-electron chi connectivity index (χ4n) is 5.20. The van der Waals surface area contributed by atoms with E-state index in [1.807, 2.05) is 29.0 Å². The summed E-state index contributed by atoms with van der Waals surface area (Å²) in [5.74, 6) is -0.308. The lowest BCUT2D eigenvalue weighted by Gasteiger charge is -2.28. The third kappa shape index (κ3) is 5.96. The van der Waals surface area contributed by atoms with Crippen LogP contribution in [0.1, 0.15) is 82.8 Å². The third-order valence-electron chi connectivity index (χ3n) is 7.13. The number of hydrogen-bond acceptors (Lipinski definition) is 5. The van der Waals surface area contributed by atoms with Gasteiger partial charge in [-0.05, 0) is 56.0 Å². The first kappa shape index (κ1) is 24.7. The van der Waals surface area contributed by atoms with Gasteiger partial charge >= 0.3 is 0 Å². The molecule has 0 spiro atoms. The van der Waals surface area contributed by atoms with Gasteiger partial charge < -0.3 is 19.9 Å². The monoisotopic (exact) mass is 485 g/mol. The number of Topliss-reactive ketones (excluding diaryl/α,β-unsaturated/α-hetero) is 1. The number of carbonyl (C=O) groups is 3. The molecule has 2 fully saturated rings. The first-order valence-electron chi connectivity index (χ1n) is 12.4. The second kappa shape index (κ2) is 11.3. The van der Waals surface area contributed by atoms with Gasteiger partial charge in [0.25, 0.3) is 5.91 Å². The maximum absolute atomic E-state index is 13.6. The zero-order chi connectivity index (χ0) is 24.1. The number of nitrogens with zero attached hydrogens (tertiary/aromatic N) is 2. The van der Waals surface area contributed by atoms with Gasteiger partial charge in [0, 0.05) is 30.1 Å². The maximum Gasteiger partial charge on any atom is 0.250 e. The molecule has 8 heteroatoms. The first-order chi connectivity index (χ1) is 16.4. The standard InChI is InChI=1S/C26H35N3O4S/c1-18-22(26(27)32)14-23(29(18)16-21-10-6-12-34-21)24(30)17-28(15-20-9-5-11-33-20)25(31)13-19-7-3-2-4-8-19/h6,10,12,14,19-20H,2-5,7-9,11,13,15-17H2,1H3,(H2,27,32). The molecule has 2 aromatic rings. The lowest BCUT2D eigenvalue weighted by atomic mass is 9.86. The SMILES string of the molecule is Cc1c(C(N)=O)cc(C(=O)CN(CC2CCCO2)C(=O)CC2CCCCC2)n1Cc1cccs1. The molecule has 7 nitrogen and oxygen atoms in total. The summed E-state index contributed by atoms with van der Waals surface area (Å²) in [5, 5.41) is 1.98. The summed E-state index contributed by atoms with van der Waals surface area (Å²) in [7, 11) is 0. The third-order valence-corrected chi connectivity index (χ3v) is 8.00. The molecule has 1 saturated carbocycles. The largest absolute Gasteiger partial charge is 0.376 e. The molecular formula is C26H35N3O4S. The number of primary amides is 1. The van der Waals surface area contributed by atoms with Gasteiger partial charge in [0.15, 0.2) is 5.78 Å². The quantitative estimate of drug-likeness (QED) is 0.511. The Labute approximate surface area is 205 Å². The summed E-state index contributed by atoms with van der Waals surface area (Å²) in [6, 6.07) is 5.55. The number of carbonyl (C=O) groups excluding carboxylic acids is 3. The lowest BCUT2D eigenvalue weighted by Crippen LogP contribution is -2.42. The zero-order valence-electron chi connectivity index (χ0n) is 20.0. The first-order valence-corrected chi connectivity index (χ1v) is 13.2. The minimum atomic E-state index is -0.555. The average Bonchev–Trinajstić information content (AvgIpc) is 3.57. The highest BCUT2D eigenvalue weighted by Crippen LogP contribution is 2.27. The molecule has 184 valence electrons. The van der Waals surface area contributed by atoms with Crippen molar-refractivity contribution in [3.8, 4) is 0 Å². The van der Waals surface area contributed by atoms with Crippen molar-refractivity contribution >= 4 is 28.9 Å². The van der Waals surface area contributed by atoms with E-state index in [2.05, 4.69) is 0 Å². The van der Waals surface area contributed by atoms with Crippen LogP contribution in [0.15, 0.2) is 23.6 Å². The number of rotatable bonds is 10. The Kier molecular flexibility index (Phi) is 8.21. The number of amides is 2. The highest BCUT2D eigenvalue weighted by atomic mass is 32.1. The van der Waals surface area contributed by atoms with Gasteiger partial charge in [-0.15, -0.1) is 11.3 Å². The number of nitrogens with two attached hydrogens (primary N) is 1. The van der Waals surface area contributed by atoms with Crippen LogP contribution in [-0.4, -0.2) is 52.9 Å². The topological polar surface area (TPSA) is 94.6 Å². The molecule has 1 atom stereocenters. The fraction of sp³-hybridized carbons (Fsp3) is 0.577. The van der Waals surface area contributed by atoms with Crippen molar-refractivity contribution in [1.82, 2.24) is 9.47 Å². The van der Waals surface area contributed by atoms with Crippen LogP contribution in [-0.2, 0) is 16.1 Å². The number of aromatic nitrogens is 1. The summed E-state index contributed by atoms with van der Waals surface area (Å²) in [6.45, 7) is 3.42. The molecule has 4 rings (SSSR count). The average molecular weight is 486 g/mol. The highest BCUT2D eigenvalue weighted by Gasteiger charge is 2.29. The van der Waals surface area contributed by atoms with Crippen LogP contribution < -0.4 is 5.73 Å². The molecule has 1 saturated heterocycles. The summed E-state index contributed by atoms with van der Waals surface area (Å²) >= 11 is 1.59. The molecule has 2 aromatic heterocycles. The fourth-order valence-corrected chi connectivity index (χ4v) is 5.89.